The number of nitrogen functional groups attached to an aromatic ring is 1. The van der Waals surface area contributed by atoms with Crippen molar-refractivity contribution in [3.8, 4) is 0 Å². The Morgan fingerprint density at radius 1 is 1.33 bits per heavy atom. The summed E-state index contributed by atoms with van der Waals surface area (Å²) >= 11 is 6.53. The largest absolute Gasteiger partial charge is 0.399 e. The number of anilines is 1. The third-order valence-corrected chi connectivity index (χ3v) is 7.00. The maximum atomic E-state index is 12.5. The molecule has 0 aromatic heterocycles. The van der Waals surface area contributed by atoms with Crippen molar-refractivity contribution >= 4 is 47.6 Å². The molecule has 1 aliphatic rings. The smallest absolute Gasteiger partial charge is 0.242 e. The van der Waals surface area contributed by atoms with Crippen LogP contribution in [0.5, 0.6) is 0 Å². The van der Waals surface area contributed by atoms with Crippen LogP contribution in [0.2, 0.25) is 0 Å². The van der Waals surface area contributed by atoms with Gasteiger partial charge in [-0.25, -0.2) is 13.1 Å². The highest BCUT2D eigenvalue weighted by Crippen LogP contribution is 2.48. The molecular weight excluding hydrogens is 424 g/mol. The van der Waals surface area contributed by atoms with E-state index in [0.717, 1.165) is 19.3 Å². The van der Waals surface area contributed by atoms with E-state index < -0.39 is 10.0 Å². The van der Waals surface area contributed by atoms with Crippen LogP contribution in [0, 0.1) is 5.41 Å². The van der Waals surface area contributed by atoms with Gasteiger partial charge < -0.3 is 10.5 Å². The normalized spacial score (nSPS) is 16.9. The van der Waals surface area contributed by atoms with Gasteiger partial charge in [-0.15, -0.1) is 0 Å². The molecule has 1 saturated carbocycles. The Hall–Kier alpha value is -0.150. The highest BCUT2D eigenvalue weighted by Gasteiger charge is 2.42. The number of nitrogens with one attached hydrogen (secondary N) is 1. The highest BCUT2D eigenvalue weighted by atomic mass is 79.9. The Bertz CT molecular complexity index is 607. The molecule has 0 heterocycles. The molecule has 1 aromatic rings. The molecule has 21 heavy (non-hydrogen) atoms. The lowest BCUT2D eigenvalue weighted by Gasteiger charge is -2.17. The lowest BCUT2D eigenvalue weighted by atomic mass is 10.0. The number of halogens is 2. The third kappa shape index (κ3) is 4.19. The van der Waals surface area contributed by atoms with Crippen molar-refractivity contribution in [2.45, 2.75) is 24.2 Å². The van der Waals surface area contributed by atoms with Gasteiger partial charge in [0, 0.05) is 34.9 Å². The fourth-order valence-electron chi connectivity index (χ4n) is 2.17. The van der Waals surface area contributed by atoms with Gasteiger partial charge in [0.05, 0.1) is 0 Å². The van der Waals surface area contributed by atoms with Crippen LogP contribution in [0.4, 0.5) is 5.69 Å². The van der Waals surface area contributed by atoms with E-state index >= 15 is 0 Å². The van der Waals surface area contributed by atoms with Crippen LogP contribution in [0.1, 0.15) is 19.3 Å². The van der Waals surface area contributed by atoms with Crippen molar-refractivity contribution in [2.75, 3.05) is 26.0 Å². The predicted octanol–water partition coefficient (Wildman–Crippen LogP) is 2.89. The van der Waals surface area contributed by atoms with E-state index in [1.165, 1.54) is 0 Å². The van der Waals surface area contributed by atoms with Crippen molar-refractivity contribution in [1.82, 2.24) is 4.72 Å². The van der Waals surface area contributed by atoms with Crippen LogP contribution in [0.15, 0.2) is 26.0 Å². The summed E-state index contributed by atoms with van der Waals surface area (Å²) in [5.74, 6) is 0. The second-order valence-corrected chi connectivity index (χ2v) is 8.79. The van der Waals surface area contributed by atoms with Crippen LogP contribution in [-0.2, 0) is 14.8 Å². The molecular formula is C13H18Br2N2O3S. The third-order valence-electron chi connectivity index (χ3n) is 3.72. The Kier molecular flexibility index (Phi) is 5.36. The topological polar surface area (TPSA) is 81.4 Å². The summed E-state index contributed by atoms with van der Waals surface area (Å²) in [5, 5.41) is 0. The molecule has 0 spiro atoms. The first kappa shape index (κ1) is 17.2. The van der Waals surface area contributed by atoms with Gasteiger partial charge >= 0.3 is 0 Å². The molecule has 1 fully saturated rings. The van der Waals surface area contributed by atoms with E-state index in [-0.39, 0.29) is 10.3 Å². The van der Waals surface area contributed by atoms with E-state index in [1.54, 1.807) is 19.2 Å². The average Bonchev–Trinajstić information content (AvgIpc) is 3.13. The van der Waals surface area contributed by atoms with Crippen molar-refractivity contribution in [3.05, 3.63) is 21.1 Å². The standard InChI is InChI=1S/C13H18Br2N2O3S/c1-20-5-4-13(2-3-13)8-17-21(18,19)12-10(14)6-9(16)7-11(12)15/h6-7,17H,2-5,8,16H2,1H3. The number of hydrogen-bond donors (Lipinski definition) is 2. The van der Waals surface area contributed by atoms with Crippen molar-refractivity contribution < 1.29 is 13.2 Å². The van der Waals surface area contributed by atoms with Crippen LogP contribution >= 0.6 is 31.9 Å². The van der Waals surface area contributed by atoms with E-state index in [2.05, 4.69) is 36.6 Å². The molecule has 0 aliphatic heterocycles. The predicted molar refractivity (Wildman–Crippen MR) is 89.6 cm³/mol. The molecule has 0 unspecified atom stereocenters. The van der Waals surface area contributed by atoms with E-state index in [0.29, 0.717) is 27.8 Å². The summed E-state index contributed by atoms with van der Waals surface area (Å²) in [4.78, 5) is 0.180. The highest BCUT2D eigenvalue weighted by molar-refractivity contribution is 9.11. The van der Waals surface area contributed by atoms with Gasteiger partial charge in [-0.1, -0.05) is 0 Å². The molecule has 8 heteroatoms. The molecule has 0 amide bonds. The Morgan fingerprint density at radius 3 is 2.38 bits per heavy atom. The van der Waals surface area contributed by atoms with Crippen LogP contribution in [0.3, 0.4) is 0 Å². The fraction of sp³-hybridized carbons (Fsp3) is 0.538. The summed E-state index contributed by atoms with van der Waals surface area (Å²) in [7, 11) is -1.94. The molecule has 5 nitrogen and oxygen atoms in total. The number of methoxy groups -OCH3 is 1. The molecule has 0 radical (unpaired) electrons. The first-order valence-corrected chi connectivity index (χ1v) is 9.60. The SMILES string of the molecule is COCCC1(CNS(=O)(=O)c2c(Br)cc(N)cc2Br)CC1. The van der Waals surface area contributed by atoms with Gasteiger partial charge in [-0.3, -0.25) is 0 Å². The Labute approximate surface area is 141 Å². The zero-order chi connectivity index (χ0) is 15.7. The molecule has 0 saturated heterocycles. The van der Waals surface area contributed by atoms with Gasteiger partial charge in [0.15, 0.2) is 0 Å². The minimum absolute atomic E-state index is 0.0514. The minimum atomic E-state index is -3.60. The first-order chi connectivity index (χ1) is 9.80. The quantitative estimate of drug-likeness (QED) is 0.637. The van der Waals surface area contributed by atoms with Crippen LogP contribution < -0.4 is 10.5 Å². The molecule has 1 aliphatic carbocycles. The zero-order valence-electron chi connectivity index (χ0n) is 11.7. The summed E-state index contributed by atoms with van der Waals surface area (Å²) in [6.07, 6.45) is 2.93. The second-order valence-electron chi connectivity index (χ2n) is 5.38. The zero-order valence-corrected chi connectivity index (χ0v) is 15.6. The number of hydrogen-bond acceptors (Lipinski definition) is 4. The van der Waals surface area contributed by atoms with Gasteiger partial charge in [0.2, 0.25) is 10.0 Å². The number of sulfonamides is 1. The Balaban J connectivity index is 2.13. The molecule has 1 aromatic carbocycles. The molecule has 3 N–H and O–H groups in total. The van der Waals surface area contributed by atoms with Crippen molar-refractivity contribution in [1.29, 1.82) is 0 Å². The number of benzene rings is 1. The Morgan fingerprint density at radius 2 is 1.90 bits per heavy atom. The monoisotopic (exact) mass is 440 g/mol. The minimum Gasteiger partial charge on any atom is -0.399 e. The lowest BCUT2D eigenvalue weighted by molar-refractivity contribution is 0.173. The van der Waals surface area contributed by atoms with Gasteiger partial charge in [-0.2, -0.15) is 0 Å². The number of nitrogens with two attached hydrogens (primary N) is 1. The second kappa shape index (κ2) is 6.54. The van der Waals surface area contributed by atoms with Gasteiger partial charge in [0.25, 0.3) is 0 Å². The van der Waals surface area contributed by atoms with E-state index in [1.807, 2.05) is 0 Å². The summed E-state index contributed by atoms with van der Waals surface area (Å²) in [6, 6.07) is 3.16. The van der Waals surface area contributed by atoms with Crippen molar-refractivity contribution in [3.63, 3.8) is 0 Å². The van der Waals surface area contributed by atoms with Crippen LogP contribution in [-0.4, -0.2) is 28.7 Å². The van der Waals surface area contributed by atoms with Gasteiger partial charge in [0.1, 0.15) is 4.90 Å². The maximum Gasteiger partial charge on any atom is 0.242 e. The molecule has 0 bridgehead atoms. The average molecular weight is 442 g/mol. The van der Waals surface area contributed by atoms with Crippen LogP contribution in [0.25, 0.3) is 0 Å². The molecule has 118 valence electrons. The van der Waals surface area contributed by atoms with Crippen molar-refractivity contribution in [2.24, 2.45) is 5.41 Å². The fourth-order valence-corrected chi connectivity index (χ4v) is 5.94. The molecule has 2 rings (SSSR count). The van der Waals surface area contributed by atoms with E-state index in [4.69, 9.17) is 10.5 Å². The lowest BCUT2D eigenvalue weighted by Crippen LogP contribution is -2.31. The van der Waals surface area contributed by atoms with E-state index in [9.17, 15) is 8.42 Å². The van der Waals surface area contributed by atoms with Gasteiger partial charge in [-0.05, 0) is 68.7 Å². The number of ether oxygens (including phenoxy) is 1. The number of rotatable bonds is 7. The summed E-state index contributed by atoms with van der Waals surface area (Å²) in [6.45, 7) is 1.08. The maximum absolute atomic E-state index is 12.5. The summed E-state index contributed by atoms with van der Waals surface area (Å²) in [5.41, 5.74) is 6.23. The molecule has 0 atom stereocenters. The summed E-state index contributed by atoms with van der Waals surface area (Å²) < 4.78 is 33.7. The first-order valence-electron chi connectivity index (χ1n) is 6.53.